The van der Waals surface area contributed by atoms with Gasteiger partial charge in [0.25, 0.3) is 0 Å². The van der Waals surface area contributed by atoms with Crippen LogP contribution in [0.1, 0.15) is 0 Å². The van der Waals surface area contributed by atoms with E-state index in [1.54, 1.807) is 12.3 Å². The van der Waals surface area contributed by atoms with Gasteiger partial charge in [0.1, 0.15) is 6.54 Å². The average molecular weight is 252 g/mol. The Morgan fingerprint density at radius 2 is 2.06 bits per heavy atom. The van der Waals surface area contributed by atoms with Gasteiger partial charge in [-0.15, -0.1) is 0 Å². The Morgan fingerprint density at radius 3 is 2.61 bits per heavy atom. The molecule has 0 saturated carbocycles. The Bertz CT molecular complexity index is 415. The van der Waals surface area contributed by atoms with E-state index in [-0.39, 0.29) is 6.61 Å². The largest absolute Gasteiger partial charge is 0.397 e. The molecule has 1 aromatic heterocycles. The summed E-state index contributed by atoms with van der Waals surface area (Å²) in [5.74, 6) is 0.819. The van der Waals surface area contributed by atoms with Crippen molar-refractivity contribution in [1.29, 1.82) is 0 Å². The molecule has 5 N–H and O–H groups in total. The van der Waals surface area contributed by atoms with Crippen molar-refractivity contribution < 1.29 is 9.59 Å². The topological polar surface area (TPSA) is 88.4 Å². The van der Waals surface area contributed by atoms with Crippen molar-refractivity contribution in [2.45, 2.75) is 0 Å². The minimum absolute atomic E-state index is 0.235. The number of quaternary nitrogens is 1. The predicted octanol–water partition coefficient (Wildman–Crippen LogP) is -0.495. The van der Waals surface area contributed by atoms with Crippen molar-refractivity contribution in [3.05, 3.63) is 12.3 Å². The summed E-state index contributed by atoms with van der Waals surface area (Å²) in [7, 11) is 2.17. The van der Waals surface area contributed by atoms with E-state index in [2.05, 4.69) is 16.9 Å². The van der Waals surface area contributed by atoms with Gasteiger partial charge in [0, 0.05) is 0 Å². The van der Waals surface area contributed by atoms with E-state index in [0.717, 1.165) is 43.0 Å². The third-order valence-electron chi connectivity index (χ3n) is 3.68. The molecule has 2 heterocycles. The number of piperazine rings is 1. The highest BCUT2D eigenvalue weighted by Crippen LogP contribution is 2.24. The average Bonchev–Trinajstić information content (AvgIpc) is 2.31. The molecule has 0 aromatic carbocycles. The molecular formula is C12H22N5O+. The Kier molecular flexibility index (Phi) is 3.58. The molecule has 100 valence electrons. The van der Waals surface area contributed by atoms with Gasteiger partial charge in [0.15, 0.2) is 5.82 Å². The lowest BCUT2D eigenvalue weighted by atomic mass is 10.2. The number of aromatic nitrogens is 1. The van der Waals surface area contributed by atoms with Crippen molar-refractivity contribution in [3.8, 4) is 0 Å². The zero-order valence-corrected chi connectivity index (χ0v) is 10.8. The Morgan fingerprint density at radius 1 is 1.39 bits per heavy atom. The summed E-state index contributed by atoms with van der Waals surface area (Å²) < 4.78 is 0.905. The fourth-order valence-electron chi connectivity index (χ4n) is 2.38. The van der Waals surface area contributed by atoms with Crippen LogP contribution in [-0.2, 0) is 0 Å². The monoisotopic (exact) mass is 252 g/mol. The zero-order valence-electron chi connectivity index (χ0n) is 10.8. The molecule has 0 aliphatic carbocycles. The number of nitrogens with zero attached hydrogens (tertiary/aromatic N) is 3. The molecule has 1 aliphatic rings. The first-order valence-electron chi connectivity index (χ1n) is 6.24. The molecule has 2 rings (SSSR count). The molecule has 1 aliphatic heterocycles. The van der Waals surface area contributed by atoms with Crippen LogP contribution >= 0.6 is 0 Å². The van der Waals surface area contributed by atoms with Crippen LogP contribution in [0.3, 0.4) is 0 Å². The van der Waals surface area contributed by atoms with Gasteiger partial charge in [-0.3, -0.25) is 0 Å². The maximum Gasteiger partial charge on any atom is 0.152 e. The second-order valence-corrected chi connectivity index (χ2v) is 5.18. The van der Waals surface area contributed by atoms with Gasteiger partial charge >= 0.3 is 0 Å². The maximum atomic E-state index is 9.07. The lowest BCUT2D eigenvalue weighted by Crippen LogP contribution is -2.58. The Hall–Kier alpha value is -1.53. The highest BCUT2D eigenvalue weighted by atomic mass is 16.3. The third kappa shape index (κ3) is 2.65. The number of hydrogen-bond donors (Lipinski definition) is 3. The summed E-state index contributed by atoms with van der Waals surface area (Å²) in [5.41, 5.74) is 12.8. The number of likely N-dealkylation sites (N-methyl/N-ethyl adjacent to an activating group) is 1. The Labute approximate surface area is 107 Å². The van der Waals surface area contributed by atoms with Crippen LogP contribution in [-0.4, -0.2) is 61.0 Å². The molecule has 0 amide bonds. The van der Waals surface area contributed by atoms with Gasteiger partial charge < -0.3 is 26.0 Å². The van der Waals surface area contributed by atoms with Crippen LogP contribution in [0.15, 0.2) is 12.3 Å². The number of pyridine rings is 1. The van der Waals surface area contributed by atoms with Crippen molar-refractivity contribution >= 4 is 17.2 Å². The van der Waals surface area contributed by atoms with E-state index in [9.17, 15) is 0 Å². The number of nitrogen functional groups attached to an aromatic ring is 2. The summed E-state index contributed by atoms with van der Waals surface area (Å²) >= 11 is 0. The maximum absolute atomic E-state index is 9.07. The molecule has 0 radical (unpaired) electrons. The number of aliphatic hydroxyl groups excluding tert-OH is 1. The van der Waals surface area contributed by atoms with Crippen LogP contribution < -0.4 is 16.4 Å². The molecule has 18 heavy (non-hydrogen) atoms. The third-order valence-corrected chi connectivity index (χ3v) is 3.68. The fourth-order valence-corrected chi connectivity index (χ4v) is 2.38. The standard InChI is InChI=1S/C12H22N5O/c1-17(6-7-18)4-2-16(3-5-17)12-11(14)8-10(13)9-15-12/h8-9,18H,2-7,13-14H2,1H3/q+1. The molecule has 1 saturated heterocycles. The summed E-state index contributed by atoms with van der Waals surface area (Å²) in [4.78, 5) is 6.50. The SMILES string of the molecule is C[N+]1(CCO)CCN(c2ncc(N)cc2N)CC1. The summed E-state index contributed by atoms with van der Waals surface area (Å²) in [6, 6.07) is 1.75. The second kappa shape index (κ2) is 4.99. The summed E-state index contributed by atoms with van der Waals surface area (Å²) in [5, 5.41) is 9.07. The van der Waals surface area contributed by atoms with E-state index < -0.39 is 0 Å². The lowest BCUT2D eigenvalue weighted by molar-refractivity contribution is -0.910. The molecule has 1 aromatic rings. The van der Waals surface area contributed by atoms with Crippen LogP contribution in [0.4, 0.5) is 17.2 Å². The molecule has 6 nitrogen and oxygen atoms in total. The number of rotatable bonds is 3. The van der Waals surface area contributed by atoms with Gasteiger partial charge in [-0.1, -0.05) is 0 Å². The van der Waals surface area contributed by atoms with E-state index >= 15 is 0 Å². The van der Waals surface area contributed by atoms with Crippen molar-refractivity contribution in [1.82, 2.24) is 4.98 Å². The molecule has 1 fully saturated rings. The quantitative estimate of drug-likeness (QED) is 0.631. The first-order chi connectivity index (χ1) is 8.54. The summed E-state index contributed by atoms with van der Waals surface area (Å²) in [6.07, 6.45) is 1.64. The molecule has 0 atom stereocenters. The van der Waals surface area contributed by atoms with Crippen LogP contribution in [0.2, 0.25) is 0 Å². The first kappa shape index (κ1) is 12.9. The van der Waals surface area contributed by atoms with Crippen LogP contribution in [0.5, 0.6) is 0 Å². The van der Waals surface area contributed by atoms with E-state index in [0.29, 0.717) is 11.4 Å². The van der Waals surface area contributed by atoms with E-state index in [1.165, 1.54) is 0 Å². The lowest BCUT2D eigenvalue weighted by Gasteiger charge is -2.42. The fraction of sp³-hybridized carbons (Fsp3) is 0.583. The molecule has 0 spiro atoms. The van der Waals surface area contributed by atoms with Gasteiger partial charge in [-0.25, -0.2) is 4.98 Å². The van der Waals surface area contributed by atoms with Crippen molar-refractivity contribution in [3.63, 3.8) is 0 Å². The smallest absolute Gasteiger partial charge is 0.152 e. The predicted molar refractivity (Wildman–Crippen MR) is 73.1 cm³/mol. The molecule has 0 unspecified atom stereocenters. The number of nitrogens with two attached hydrogens (primary N) is 2. The Balaban J connectivity index is 2.05. The van der Waals surface area contributed by atoms with Crippen LogP contribution in [0, 0.1) is 0 Å². The minimum Gasteiger partial charge on any atom is -0.397 e. The molecular weight excluding hydrogens is 230 g/mol. The second-order valence-electron chi connectivity index (χ2n) is 5.18. The number of aliphatic hydroxyl groups is 1. The van der Waals surface area contributed by atoms with Crippen molar-refractivity contribution in [2.24, 2.45) is 0 Å². The van der Waals surface area contributed by atoms with Crippen molar-refractivity contribution in [2.75, 3.05) is 62.7 Å². The normalized spacial score (nSPS) is 18.9. The highest BCUT2D eigenvalue weighted by Gasteiger charge is 2.29. The zero-order chi connectivity index (χ0) is 13.2. The van der Waals surface area contributed by atoms with Crippen LogP contribution in [0.25, 0.3) is 0 Å². The minimum atomic E-state index is 0.235. The van der Waals surface area contributed by atoms with E-state index in [4.69, 9.17) is 16.6 Å². The van der Waals surface area contributed by atoms with E-state index in [1.807, 2.05) is 0 Å². The van der Waals surface area contributed by atoms with Gasteiger partial charge in [-0.05, 0) is 6.07 Å². The number of hydrogen-bond acceptors (Lipinski definition) is 5. The van der Waals surface area contributed by atoms with Gasteiger partial charge in [-0.2, -0.15) is 0 Å². The molecule has 0 bridgehead atoms. The summed E-state index contributed by atoms with van der Waals surface area (Å²) in [6.45, 7) is 4.82. The number of anilines is 3. The first-order valence-corrected chi connectivity index (χ1v) is 6.24. The molecule has 6 heteroatoms. The van der Waals surface area contributed by atoms with Gasteiger partial charge in [0.2, 0.25) is 0 Å². The highest BCUT2D eigenvalue weighted by molar-refractivity contribution is 5.66. The van der Waals surface area contributed by atoms with Gasteiger partial charge in [0.05, 0.1) is 57.4 Å².